The van der Waals surface area contributed by atoms with Crippen LogP contribution in [0.25, 0.3) is 0 Å². The first-order valence-electron chi connectivity index (χ1n) is 10.2. The largest absolute Gasteiger partial charge is 0.351 e. The van der Waals surface area contributed by atoms with Crippen LogP contribution in [0, 0.1) is 3.57 Å². The summed E-state index contributed by atoms with van der Waals surface area (Å²) in [7, 11) is 0. The molecule has 0 spiro atoms. The van der Waals surface area contributed by atoms with Crippen LogP contribution in [-0.2, 0) is 4.79 Å². The molecular formula is C24H26ClIN2O2. The zero-order chi connectivity index (χ0) is 21.5. The number of carbonyl (C=O) groups excluding carboxylic acids is 2. The topological polar surface area (TPSA) is 49.4 Å². The quantitative estimate of drug-likeness (QED) is 0.361. The summed E-state index contributed by atoms with van der Waals surface area (Å²) in [5, 5.41) is 3.78. The van der Waals surface area contributed by atoms with E-state index in [4.69, 9.17) is 11.6 Å². The van der Waals surface area contributed by atoms with Gasteiger partial charge in [-0.1, -0.05) is 61.2 Å². The van der Waals surface area contributed by atoms with Crippen molar-refractivity contribution in [2.24, 2.45) is 0 Å². The van der Waals surface area contributed by atoms with Crippen LogP contribution in [0.5, 0.6) is 0 Å². The third-order valence-corrected chi connectivity index (χ3v) is 6.58. The molecule has 2 amide bonds. The maximum atomic E-state index is 13.5. The van der Waals surface area contributed by atoms with E-state index in [1.165, 1.54) is 6.42 Å². The van der Waals surface area contributed by atoms with Crippen molar-refractivity contribution >= 4 is 46.0 Å². The van der Waals surface area contributed by atoms with Crippen LogP contribution in [-0.4, -0.2) is 29.3 Å². The number of halogens is 2. The van der Waals surface area contributed by atoms with E-state index in [-0.39, 0.29) is 24.4 Å². The SMILES string of the molecule is C=CCN(C(=O)c1ccccc1I)C(C(=O)NC1CCCCC1)c1ccc(Cl)cc1. The minimum Gasteiger partial charge on any atom is -0.351 e. The van der Waals surface area contributed by atoms with Gasteiger partial charge in [0.15, 0.2) is 0 Å². The summed E-state index contributed by atoms with van der Waals surface area (Å²) in [6, 6.07) is 13.9. The fourth-order valence-corrected chi connectivity index (χ4v) is 4.62. The summed E-state index contributed by atoms with van der Waals surface area (Å²) in [6.45, 7) is 4.07. The summed E-state index contributed by atoms with van der Waals surface area (Å²) >= 11 is 8.22. The average Bonchev–Trinajstić information content (AvgIpc) is 2.75. The molecule has 0 bridgehead atoms. The molecule has 1 N–H and O–H groups in total. The van der Waals surface area contributed by atoms with Gasteiger partial charge in [-0.3, -0.25) is 9.59 Å². The van der Waals surface area contributed by atoms with Crippen molar-refractivity contribution in [3.8, 4) is 0 Å². The molecule has 0 heterocycles. The van der Waals surface area contributed by atoms with Crippen molar-refractivity contribution < 1.29 is 9.59 Å². The highest BCUT2D eigenvalue weighted by Crippen LogP contribution is 2.27. The second-order valence-corrected chi connectivity index (χ2v) is 9.12. The highest BCUT2D eigenvalue weighted by atomic mass is 127. The van der Waals surface area contributed by atoms with E-state index in [1.807, 2.05) is 30.3 Å². The van der Waals surface area contributed by atoms with Crippen molar-refractivity contribution in [1.82, 2.24) is 10.2 Å². The molecular weight excluding hydrogens is 511 g/mol. The van der Waals surface area contributed by atoms with E-state index in [0.29, 0.717) is 10.6 Å². The van der Waals surface area contributed by atoms with Crippen LogP contribution in [0.1, 0.15) is 54.1 Å². The summed E-state index contributed by atoms with van der Waals surface area (Å²) in [5.41, 5.74) is 1.30. The van der Waals surface area contributed by atoms with Gasteiger partial charge in [0, 0.05) is 21.2 Å². The van der Waals surface area contributed by atoms with Crippen LogP contribution in [0.2, 0.25) is 5.02 Å². The Morgan fingerprint density at radius 3 is 2.43 bits per heavy atom. The Kier molecular flexibility index (Phi) is 8.33. The smallest absolute Gasteiger partial charge is 0.256 e. The zero-order valence-corrected chi connectivity index (χ0v) is 19.7. The predicted molar refractivity (Wildman–Crippen MR) is 130 cm³/mol. The van der Waals surface area contributed by atoms with Crippen LogP contribution < -0.4 is 5.32 Å². The van der Waals surface area contributed by atoms with E-state index < -0.39 is 6.04 Å². The van der Waals surface area contributed by atoms with Crippen molar-refractivity contribution in [3.05, 3.63) is 80.9 Å². The van der Waals surface area contributed by atoms with E-state index in [2.05, 4.69) is 34.5 Å². The Labute approximate surface area is 196 Å². The third kappa shape index (κ3) is 5.64. The molecule has 1 atom stereocenters. The first kappa shape index (κ1) is 22.8. The van der Waals surface area contributed by atoms with Crippen molar-refractivity contribution in [2.75, 3.05) is 6.54 Å². The summed E-state index contributed by atoms with van der Waals surface area (Å²) in [5.74, 6) is -0.357. The minimum atomic E-state index is -0.759. The third-order valence-electron chi connectivity index (χ3n) is 5.39. The van der Waals surface area contributed by atoms with Crippen molar-refractivity contribution in [3.63, 3.8) is 0 Å². The van der Waals surface area contributed by atoms with Gasteiger partial charge in [-0.05, 0) is 65.3 Å². The lowest BCUT2D eigenvalue weighted by Gasteiger charge is -2.33. The highest BCUT2D eigenvalue weighted by Gasteiger charge is 2.33. The molecule has 0 aromatic heterocycles. The number of nitrogens with one attached hydrogen (secondary N) is 1. The maximum Gasteiger partial charge on any atom is 0.256 e. The lowest BCUT2D eigenvalue weighted by molar-refractivity contribution is -0.126. The number of hydrogen-bond donors (Lipinski definition) is 1. The molecule has 4 nitrogen and oxygen atoms in total. The van der Waals surface area contributed by atoms with Gasteiger partial charge in [-0.25, -0.2) is 0 Å². The first-order chi connectivity index (χ1) is 14.5. The molecule has 1 aliphatic carbocycles. The second-order valence-electron chi connectivity index (χ2n) is 7.52. The average molecular weight is 537 g/mol. The fourth-order valence-electron chi connectivity index (χ4n) is 3.88. The summed E-state index contributed by atoms with van der Waals surface area (Å²) < 4.78 is 0.844. The molecule has 3 rings (SSSR count). The van der Waals surface area contributed by atoms with E-state index in [1.54, 1.807) is 29.2 Å². The van der Waals surface area contributed by atoms with Crippen molar-refractivity contribution in [1.29, 1.82) is 0 Å². The molecule has 30 heavy (non-hydrogen) atoms. The number of amides is 2. The van der Waals surface area contributed by atoms with Gasteiger partial charge >= 0.3 is 0 Å². The predicted octanol–water partition coefficient (Wildman–Crippen LogP) is 5.76. The van der Waals surface area contributed by atoms with Crippen molar-refractivity contribution in [2.45, 2.75) is 44.2 Å². The molecule has 1 saturated carbocycles. The lowest BCUT2D eigenvalue weighted by Crippen LogP contribution is -2.47. The standard InChI is InChI=1S/C24H26ClIN2O2/c1-2-16-28(24(30)20-10-6-7-11-21(20)26)22(17-12-14-18(25)15-13-17)23(29)27-19-8-4-3-5-9-19/h2,6-7,10-15,19,22H,1,3-5,8-9,16H2,(H,27,29). The first-order valence-corrected chi connectivity index (χ1v) is 11.7. The van der Waals surface area contributed by atoms with E-state index in [9.17, 15) is 9.59 Å². The van der Waals surface area contributed by atoms with Gasteiger partial charge < -0.3 is 10.2 Å². The van der Waals surface area contributed by atoms with E-state index in [0.717, 1.165) is 34.8 Å². The zero-order valence-electron chi connectivity index (χ0n) is 16.8. The van der Waals surface area contributed by atoms with Crippen LogP contribution in [0.15, 0.2) is 61.2 Å². The minimum absolute atomic E-state index is 0.151. The molecule has 1 aliphatic rings. The Balaban J connectivity index is 1.97. The number of rotatable bonds is 7. The molecule has 0 saturated heterocycles. The summed E-state index contributed by atoms with van der Waals surface area (Å²) in [6.07, 6.45) is 7.06. The molecule has 1 unspecified atom stereocenters. The Hall–Kier alpha value is -1.86. The van der Waals surface area contributed by atoms with Crippen LogP contribution >= 0.6 is 34.2 Å². The molecule has 2 aromatic rings. The molecule has 2 aromatic carbocycles. The van der Waals surface area contributed by atoms with Gasteiger partial charge in [0.25, 0.3) is 5.91 Å². The molecule has 1 fully saturated rings. The molecule has 6 heteroatoms. The monoisotopic (exact) mass is 536 g/mol. The Morgan fingerprint density at radius 1 is 1.13 bits per heavy atom. The maximum absolute atomic E-state index is 13.5. The van der Waals surface area contributed by atoms with Gasteiger partial charge in [-0.2, -0.15) is 0 Å². The van der Waals surface area contributed by atoms with Crippen LogP contribution in [0.4, 0.5) is 0 Å². The molecule has 0 radical (unpaired) electrons. The number of benzene rings is 2. The molecule has 0 aliphatic heterocycles. The van der Waals surface area contributed by atoms with E-state index >= 15 is 0 Å². The number of nitrogens with zero attached hydrogens (tertiary/aromatic N) is 1. The van der Waals surface area contributed by atoms with Gasteiger partial charge in [0.2, 0.25) is 5.91 Å². The Morgan fingerprint density at radius 2 is 1.80 bits per heavy atom. The van der Waals surface area contributed by atoms with Gasteiger partial charge in [0.05, 0.1) is 5.56 Å². The van der Waals surface area contributed by atoms with Gasteiger partial charge in [-0.15, -0.1) is 6.58 Å². The number of hydrogen-bond acceptors (Lipinski definition) is 2. The number of carbonyl (C=O) groups is 2. The Bertz CT molecular complexity index is 894. The fraction of sp³-hybridized carbons (Fsp3) is 0.333. The normalized spacial score (nSPS) is 15.3. The second kappa shape index (κ2) is 11.0. The van der Waals surface area contributed by atoms with Gasteiger partial charge in [0.1, 0.15) is 6.04 Å². The lowest BCUT2D eigenvalue weighted by atomic mass is 9.94. The summed E-state index contributed by atoms with van der Waals surface area (Å²) in [4.78, 5) is 28.6. The van der Waals surface area contributed by atoms with Crippen LogP contribution in [0.3, 0.4) is 0 Å². The highest BCUT2D eigenvalue weighted by molar-refractivity contribution is 14.1. The molecule has 158 valence electrons.